The Morgan fingerprint density at radius 3 is 2.54 bits per heavy atom. The number of rotatable bonds is 0. The molecular formula is C11H14O2. The number of hydrogen-bond acceptors (Lipinski definition) is 2. The van der Waals surface area contributed by atoms with Gasteiger partial charge in [0.15, 0.2) is 0 Å². The van der Waals surface area contributed by atoms with E-state index in [4.69, 9.17) is 0 Å². The van der Waals surface area contributed by atoms with Crippen LogP contribution in [0.4, 0.5) is 0 Å². The normalized spacial score (nSPS) is 42.9. The minimum Gasteiger partial charge on any atom is -0.389 e. The third-order valence-corrected chi connectivity index (χ3v) is 2.65. The maximum absolute atomic E-state index is 10.1. The topological polar surface area (TPSA) is 40.5 Å². The minimum atomic E-state index is -0.947. The van der Waals surface area contributed by atoms with Gasteiger partial charge in [-0.05, 0) is 18.9 Å². The summed E-state index contributed by atoms with van der Waals surface area (Å²) in [5.41, 5.74) is -1.71. The van der Waals surface area contributed by atoms with E-state index < -0.39 is 11.2 Å². The summed E-state index contributed by atoms with van der Waals surface area (Å²) in [6.45, 7) is 0. The van der Waals surface area contributed by atoms with Gasteiger partial charge in [0.1, 0.15) is 5.60 Å². The van der Waals surface area contributed by atoms with Crippen molar-refractivity contribution in [1.82, 2.24) is 0 Å². The number of allylic oxidation sites excluding steroid dienone is 2. The molecule has 70 valence electrons. The van der Waals surface area contributed by atoms with Crippen molar-refractivity contribution >= 4 is 0 Å². The lowest BCUT2D eigenvalue weighted by molar-refractivity contribution is -0.0269. The molecule has 13 heavy (non-hydrogen) atoms. The van der Waals surface area contributed by atoms with Crippen LogP contribution in [0, 0.1) is 0 Å². The fraction of sp³-hybridized carbons (Fsp3) is 0.455. The summed E-state index contributed by atoms with van der Waals surface area (Å²) in [6.07, 6.45) is 12.6. The third-order valence-electron chi connectivity index (χ3n) is 2.65. The molecule has 2 nitrogen and oxygen atoms in total. The van der Waals surface area contributed by atoms with Crippen LogP contribution in [-0.2, 0) is 0 Å². The predicted octanol–water partition coefficient (Wildman–Crippen LogP) is 1.31. The molecule has 2 atom stereocenters. The van der Waals surface area contributed by atoms with Crippen molar-refractivity contribution in [3.8, 4) is 0 Å². The van der Waals surface area contributed by atoms with Gasteiger partial charge in [0.25, 0.3) is 0 Å². The van der Waals surface area contributed by atoms with Gasteiger partial charge in [-0.1, -0.05) is 30.4 Å². The summed E-state index contributed by atoms with van der Waals surface area (Å²) in [5, 5.41) is 20.1. The van der Waals surface area contributed by atoms with E-state index in [-0.39, 0.29) is 0 Å². The van der Waals surface area contributed by atoms with Gasteiger partial charge in [-0.2, -0.15) is 0 Å². The highest BCUT2D eigenvalue weighted by molar-refractivity contribution is 5.25. The van der Waals surface area contributed by atoms with Crippen LogP contribution in [-0.4, -0.2) is 21.4 Å². The smallest absolute Gasteiger partial charge is 0.104 e. The second-order valence-electron chi connectivity index (χ2n) is 3.99. The monoisotopic (exact) mass is 178 g/mol. The zero-order valence-electron chi connectivity index (χ0n) is 7.48. The first kappa shape index (κ1) is 8.73. The molecule has 0 saturated heterocycles. The van der Waals surface area contributed by atoms with Crippen LogP contribution in [0.1, 0.15) is 19.3 Å². The van der Waals surface area contributed by atoms with Crippen molar-refractivity contribution < 1.29 is 10.2 Å². The lowest BCUT2D eigenvalue weighted by Crippen LogP contribution is -2.41. The SMILES string of the molecule is OC12C=CC=CCC(O)(CC=C1)C2. The van der Waals surface area contributed by atoms with E-state index in [1.807, 2.05) is 24.3 Å². The fourth-order valence-corrected chi connectivity index (χ4v) is 2.00. The number of aliphatic hydroxyl groups is 2. The fourth-order valence-electron chi connectivity index (χ4n) is 2.00. The summed E-state index contributed by atoms with van der Waals surface area (Å²) >= 11 is 0. The summed E-state index contributed by atoms with van der Waals surface area (Å²) in [5.74, 6) is 0. The van der Waals surface area contributed by atoms with E-state index >= 15 is 0 Å². The van der Waals surface area contributed by atoms with Crippen LogP contribution in [0.2, 0.25) is 0 Å². The Hall–Kier alpha value is -0.860. The average molecular weight is 178 g/mol. The second kappa shape index (κ2) is 2.82. The van der Waals surface area contributed by atoms with Crippen LogP contribution in [0.15, 0.2) is 36.5 Å². The Labute approximate surface area is 77.9 Å². The van der Waals surface area contributed by atoms with Gasteiger partial charge >= 0.3 is 0 Å². The quantitative estimate of drug-likeness (QED) is 0.549. The summed E-state index contributed by atoms with van der Waals surface area (Å²) in [7, 11) is 0. The maximum Gasteiger partial charge on any atom is 0.104 e. The molecule has 2 aliphatic rings. The zero-order valence-corrected chi connectivity index (χ0v) is 7.48. The van der Waals surface area contributed by atoms with Crippen LogP contribution >= 0.6 is 0 Å². The first-order valence-corrected chi connectivity index (χ1v) is 4.59. The first-order chi connectivity index (χ1) is 6.12. The van der Waals surface area contributed by atoms with E-state index in [9.17, 15) is 10.2 Å². The Bertz CT molecular complexity index is 290. The highest BCUT2D eigenvalue weighted by atomic mass is 16.3. The van der Waals surface area contributed by atoms with Gasteiger partial charge in [0, 0.05) is 6.42 Å². The van der Waals surface area contributed by atoms with Crippen molar-refractivity contribution in [3.05, 3.63) is 36.5 Å². The molecule has 0 aromatic rings. The third kappa shape index (κ3) is 1.74. The molecule has 2 bridgehead atoms. The van der Waals surface area contributed by atoms with Gasteiger partial charge in [0.2, 0.25) is 0 Å². The van der Waals surface area contributed by atoms with Crippen LogP contribution < -0.4 is 0 Å². The molecule has 0 spiro atoms. The molecule has 0 aromatic heterocycles. The van der Waals surface area contributed by atoms with Gasteiger partial charge in [-0.15, -0.1) is 0 Å². The lowest BCUT2D eigenvalue weighted by atomic mass is 9.77. The van der Waals surface area contributed by atoms with E-state index in [2.05, 4.69) is 0 Å². The molecule has 2 aliphatic carbocycles. The van der Waals surface area contributed by atoms with E-state index in [1.54, 1.807) is 12.2 Å². The van der Waals surface area contributed by atoms with Gasteiger partial charge in [0.05, 0.1) is 5.60 Å². The zero-order chi connectivity index (χ0) is 9.36. The van der Waals surface area contributed by atoms with Crippen molar-refractivity contribution in [1.29, 1.82) is 0 Å². The minimum absolute atomic E-state index is 0.400. The lowest BCUT2D eigenvalue weighted by Gasteiger charge is -2.37. The molecule has 2 rings (SSSR count). The number of hydrogen-bond donors (Lipinski definition) is 2. The van der Waals surface area contributed by atoms with Crippen LogP contribution in [0.25, 0.3) is 0 Å². The summed E-state index contributed by atoms with van der Waals surface area (Å²) in [6, 6.07) is 0. The Kier molecular flexibility index (Phi) is 1.90. The molecule has 0 radical (unpaired) electrons. The van der Waals surface area contributed by atoms with Gasteiger partial charge < -0.3 is 10.2 Å². The van der Waals surface area contributed by atoms with Crippen molar-refractivity contribution in [2.75, 3.05) is 0 Å². The first-order valence-electron chi connectivity index (χ1n) is 4.59. The molecule has 2 unspecified atom stereocenters. The molecule has 0 fully saturated rings. The van der Waals surface area contributed by atoms with Gasteiger partial charge in [-0.25, -0.2) is 0 Å². The Morgan fingerprint density at radius 2 is 1.69 bits per heavy atom. The second-order valence-corrected chi connectivity index (χ2v) is 3.99. The molecule has 0 amide bonds. The Morgan fingerprint density at radius 1 is 0.923 bits per heavy atom. The van der Waals surface area contributed by atoms with Crippen LogP contribution in [0.5, 0.6) is 0 Å². The largest absolute Gasteiger partial charge is 0.389 e. The molecule has 0 heterocycles. The highest BCUT2D eigenvalue weighted by Gasteiger charge is 2.37. The van der Waals surface area contributed by atoms with Crippen molar-refractivity contribution in [2.45, 2.75) is 30.5 Å². The summed E-state index contributed by atoms with van der Waals surface area (Å²) in [4.78, 5) is 0. The van der Waals surface area contributed by atoms with Gasteiger partial charge in [-0.3, -0.25) is 0 Å². The molecule has 0 aliphatic heterocycles. The predicted molar refractivity (Wildman–Crippen MR) is 51.2 cm³/mol. The highest BCUT2D eigenvalue weighted by Crippen LogP contribution is 2.35. The van der Waals surface area contributed by atoms with E-state index in [1.165, 1.54) is 0 Å². The van der Waals surface area contributed by atoms with Crippen molar-refractivity contribution in [2.24, 2.45) is 0 Å². The molecule has 2 N–H and O–H groups in total. The summed E-state index contributed by atoms with van der Waals surface area (Å²) < 4.78 is 0. The standard InChI is InChI=1S/C11H14O2/c12-10-5-2-1-3-6-11(13,9-10)8-4-7-10/h1-5,7,12-13H,6,8-9H2. The molecule has 0 aromatic carbocycles. The van der Waals surface area contributed by atoms with E-state index in [0.717, 1.165) is 0 Å². The maximum atomic E-state index is 10.1. The number of fused-ring (bicyclic) bond motifs is 2. The van der Waals surface area contributed by atoms with Crippen molar-refractivity contribution in [3.63, 3.8) is 0 Å². The Balaban J connectivity index is 2.37. The van der Waals surface area contributed by atoms with E-state index in [0.29, 0.717) is 19.3 Å². The molecule has 0 saturated carbocycles. The molecular weight excluding hydrogens is 164 g/mol. The molecule has 2 heteroatoms. The van der Waals surface area contributed by atoms with Crippen LogP contribution in [0.3, 0.4) is 0 Å². The average Bonchev–Trinajstić information content (AvgIpc) is 2.01.